The van der Waals surface area contributed by atoms with Gasteiger partial charge in [0.25, 0.3) is 0 Å². The van der Waals surface area contributed by atoms with Gasteiger partial charge in [-0.25, -0.2) is 0 Å². The molecule has 0 bridgehead atoms. The van der Waals surface area contributed by atoms with Crippen LogP contribution in [-0.4, -0.2) is 37.5 Å². The van der Waals surface area contributed by atoms with Crippen LogP contribution in [0.15, 0.2) is 0 Å². The number of fused-ring (bicyclic) bond motifs is 1. The van der Waals surface area contributed by atoms with Crippen molar-refractivity contribution in [3.63, 3.8) is 0 Å². The number of carbonyl (C=O) groups excluding carboxylic acids is 1. The molecular weight excluding hydrogens is 233 g/mol. The predicted octanol–water partition coefficient (Wildman–Crippen LogP) is 0.0506. The number of hydrogen-bond acceptors (Lipinski definition) is 4. The summed E-state index contributed by atoms with van der Waals surface area (Å²) in [6, 6.07) is 0. The maximum absolute atomic E-state index is 11.1. The Kier molecular flexibility index (Phi) is 4.01. The molecule has 2 unspecified atom stereocenters. The average molecular weight is 248 g/mol. The van der Waals surface area contributed by atoms with Gasteiger partial charge in [0.1, 0.15) is 13.7 Å². The van der Waals surface area contributed by atoms with Gasteiger partial charge < -0.3 is 14.4 Å². The lowest BCUT2D eigenvalue weighted by molar-refractivity contribution is -0.141. The second-order valence-corrected chi connectivity index (χ2v) is 7.04. The van der Waals surface area contributed by atoms with Gasteiger partial charge in [-0.15, -0.1) is 8.15 Å². The van der Waals surface area contributed by atoms with Crippen molar-refractivity contribution in [1.29, 1.82) is 0 Å². The molecule has 2 aliphatic rings. The quantitative estimate of drug-likeness (QED) is 0.434. The van der Waals surface area contributed by atoms with Crippen LogP contribution in [0.3, 0.4) is 0 Å². The van der Waals surface area contributed by atoms with E-state index in [1.165, 1.54) is 0 Å². The molecule has 1 aliphatic carbocycles. The minimum absolute atomic E-state index is 0.00959. The van der Waals surface area contributed by atoms with Crippen LogP contribution in [0.5, 0.6) is 0 Å². The Balaban J connectivity index is 1.97. The summed E-state index contributed by atoms with van der Waals surface area (Å²) < 4.78 is 10.9. The molecule has 4 nitrogen and oxygen atoms in total. The van der Waals surface area contributed by atoms with E-state index in [9.17, 15) is 9.90 Å². The molecule has 1 aliphatic heterocycles. The zero-order valence-corrected chi connectivity index (χ0v) is 10.6. The zero-order valence-electron chi connectivity index (χ0n) is 8.60. The molecule has 1 saturated heterocycles. The summed E-state index contributed by atoms with van der Waals surface area (Å²) in [4.78, 5) is 11.1. The number of carbonyl (C=O) groups is 1. The van der Waals surface area contributed by atoms with Crippen LogP contribution in [-0.2, 0) is 14.1 Å². The van der Waals surface area contributed by atoms with Gasteiger partial charge >= 0.3 is 5.97 Å². The summed E-state index contributed by atoms with van der Waals surface area (Å²) >= 11 is 0. The van der Waals surface area contributed by atoms with E-state index >= 15 is 0 Å². The SMILES string of the molecule is BPPO[C@@H]1C[C@@H]2OC(=O)C[C@@H]2[C@H]1CO. The van der Waals surface area contributed by atoms with Crippen molar-refractivity contribution >= 4 is 30.2 Å². The van der Waals surface area contributed by atoms with Crippen LogP contribution in [0.4, 0.5) is 0 Å². The first-order valence-corrected chi connectivity index (χ1v) is 8.54. The molecule has 1 heterocycles. The highest BCUT2D eigenvalue weighted by molar-refractivity contribution is 8.21. The first-order valence-electron chi connectivity index (χ1n) is 5.14. The van der Waals surface area contributed by atoms with E-state index in [-0.39, 0.29) is 36.6 Å². The molecule has 84 valence electrons. The lowest BCUT2D eigenvalue weighted by Crippen LogP contribution is -2.24. The third-order valence-corrected chi connectivity index (χ3v) is 4.77. The Labute approximate surface area is 93.4 Å². The molecule has 2 rings (SSSR count). The average Bonchev–Trinajstić information content (AvgIpc) is 2.70. The highest BCUT2D eigenvalue weighted by Gasteiger charge is 2.50. The van der Waals surface area contributed by atoms with E-state index in [4.69, 9.17) is 9.26 Å². The van der Waals surface area contributed by atoms with Gasteiger partial charge in [-0.3, -0.25) is 4.79 Å². The molecule has 15 heavy (non-hydrogen) atoms. The second kappa shape index (κ2) is 5.10. The molecule has 7 heteroatoms. The highest BCUT2D eigenvalue weighted by atomic mass is 32.0. The van der Waals surface area contributed by atoms with Gasteiger partial charge in [-0.1, -0.05) is 0 Å². The summed E-state index contributed by atoms with van der Waals surface area (Å²) in [5, 5.41) is 9.33. The number of hydrogen-bond donors (Lipinski definition) is 1. The number of ether oxygens (including phenoxy) is 1. The Morgan fingerprint density at radius 2 is 2.47 bits per heavy atom. The molecule has 0 aromatic carbocycles. The van der Waals surface area contributed by atoms with Gasteiger partial charge in [0.15, 0.2) is 0 Å². The molecule has 0 radical (unpaired) electrons. The van der Waals surface area contributed by atoms with Crippen molar-refractivity contribution in [2.24, 2.45) is 11.8 Å². The third-order valence-electron chi connectivity index (χ3n) is 3.18. The molecule has 0 spiro atoms. The first kappa shape index (κ1) is 11.8. The minimum Gasteiger partial charge on any atom is -0.462 e. The van der Waals surface area contributed by atoms with Crippen LogP contribution in [0.2, 0.25) is 0 Å². The van der Waals surface area contributed by atoms with E-state index in [0.717, 1.165) is 14.6 Å². The lowest BCUT2D eigenvalue weighted by atomic mass is 9.93. The maximum atomic E-state index is 11.1. The van der Waals surface area contributed by atoms with Crippen molar-refractivity contribution in [2.75, 3.05) is 6.61 Å². The third kappa shape index (κ3) is 2.36. The number of rotatable bonds is 4. The van der Waals surface area contributed by atoms with Gasteiger partial charge in [0.2, 0.25) is 0 Å². The molecule has 6 atom stereocenters. The fraction of sp³-hybridized carbons (Fsp3) is 0.875. The van der Waals surface area contributed by atoms with E-state index in [1.807, 2.05) is 0 Å². The second-order valence-electron chi connectivity index (χ2n) is 3.99. The molecule has 0 aromatic rings. The minimum atomic E-state index is -0.123. The number of aliphatic hydroxyl groups is 1. The van der Waals surface area contributed by atoms with Crippen LogP contribution in [0.1, 0.15) is 12.8 Å². The van der Waals surface area contributed by atoms with Gasteiger partial charge in [0, 0.05) is 33.4 Å². The Bertz CT molecular complexity index is 253. The molecule has 1 N–H and O–H groups in total. The summed E-state index contributed by atoms with van der Waals surface area (Å²) in [5.41, 5.74) is 0. The van der Waals surface area contributed by atoms with E-state index in [2.05, 4.69) is 7.57 Å². The summed E-state index contributed by atoms with van der Waals surface area (Å²) in [6.45, 7) is 0.0970. The Morgan fingerprint density at radius 1 is 1.67 bits per heavy atom. The largest absolute Gasteiger partial charge is 0.462 e. The van der Waals surface area contributed by atoms with Gasteiger partial charge in [0.05, 0.1) is 12.5 Å². The summed E-state index contributed by atoms with van der Waals surface area (Å²) in [6.07, 6.45) is 1.29. The maximum Gasteiger partial charge on any atom is 0.306 e. The van der Waals surface area contributed by atoms with Crippen LogP contribution in [0, 0.1) is 11.8 Å². The number of esters is 1. The normalized spacial score (nSPS) is 40.7. The van der Waals surface area contributed by atoms with Crippen LogP contribution >= 0.6 is 16.6 Å². The van der Waals surface area contributed by atoms with E-state index in [1.54, 1.807) is 0 Å². The molecule has 0 amide bonds. The highest BCUT2D eigenvalue weighted by Crippen LogP contribution is 2.46. The van der Waals surface area contributed by atoms with Crippen molar-refractivity contribution < 1.29 is 19.2 Å². The monoisotopic (exact) mass is 248 g/mol. The molecular formula is C8H15BO4P2. The molecule has 0 aromatic heterocycles. The zero-order chi connectivity index (χ0) is 10.8. The summed E-state index contributed by atoms with van der Waals surface area (Å²) in [5.74, 6) is 0.143. The first-order chi connectivity index (χ1) is 7.26. The summed E-state index contributed by atoms with van der Waals surface area (Å²) in [7, 11) is 3.40. The van der Waals surface area contributed by atoms with Crippen molar-refractivity contribution in [1.82, 2.24) is 0 Å². The topological polar surface area (TPSA) is 55.8 Å². The lowest BCUT2D eigenvalue weighted by Gasteiger charge is -2.20. The van der Waals surface area contributed by atoms with E-state index in [0.29, 0.717) is 14.9 Å². The van der Waals surface area contributed by atoms with Crippen molar-refractivity contribution in [2.45, 2.75) is 25.0 Å². The fourth-order valence-electron chi connectivity index (χ4n) is 2.48. The standard InChI is InChI=1S/C8H15BO4P2/c9-14-15-13-7-2-6-4(5(7)3-10)1-8(11)12-6/h4-7,10,14-15H,1-3,9H2/t4-,5-,6+,7-/m1/s1. The molecule has 1 saturated carbocycles. The van der Waals surface area contributed by atoms with Gasteiger partial charge in [-0.2, -0.15) is 0 Å². The van der Waals surface area contributed by atoms with Crippen LogP contribution in [0.25, 0.3) is 0 Å². The predicted molar refractivity (Wildman–Crippen MR) is 63.2 cm³/mol. The van der Waals surface area contributed by atoms with Crippen molar-refractivity contribution in [3.8, 4) is 0 Å². The van der Waals surface area contributed by atoms with Gasteiger partial charge in [-0.05, 0) is 0 Å². The fourth-order valence-corrected chi connectivity index (χ4v) is 3.83. The number of aliphatic hydroxyl groups excluding tert-OH is 1. The van der Waals surface area contributed by atoms with Crippen LogP contribution < -0.4 is 0 Å². The Hall–Kier alpha value is 0.315. The smallest absolute Gasteiger partial charge is 0.306 e. The van der Waals surface area contributed by atoms with Crippen molar-refractivity contribution in [3.05, 3.63) is 0 Å². The molecule has 2 fully saturated rings. The Morgan fingerprint density at radius 3 is 3.13 bits per heavy atom. The van der Waals surface area contributed by atoms with E-state index < -0.39 is 0 Å².